The Morgan fingerprint density at radius 1 is 1.00 bits per heavy atom. The lowest BCUT2D eigenvalue weighted by atomic mass is 9.98. The third-order valence-corrected chi connectivity index (χ3v) is 3.43. The maximum absolute atomic E-state index is 3.42. The largest absolute Gasteiger partial charge is 0.382 e. The first kappa shape index (κ1) is 15.4. The summed E-state index contributed by atoms with van der Waals surface area (Å²) in [6.07, 6.45) is 5.31. The maximum atomic E-state index is 3.42. The van der Waals surface area contributed by atoms with Gasteiger partial charge in [0.15, 0.2) is 0 Å². The second-order valence-electron chi connectivity index (χ2n) is 5.83. The molecule has 0 spiro atoms. The van der Waals surface area contributed by atoms with E-state index in [1.807, 2.05) is 6.92 Å². The van der Waals surface area contributed by atoms with Crippen LogP contribution in [0.5, 0.6) is 0 Å². The highest BCUT2D eigenvalue weighted by Gasteiger charge is 2.02. The standard InChI is InChI=1S/C20H25N/c1-4-5-12-21-20-11-7-10-19(15-20)18-9-6-8-17(14-18)13-16(2)3/h4-11,14-16,21H,12-13H2,1-3H3/b5-4-. The van der Waals surface area contributed by atoms with Crippen molar-refractivity contribution in [2.45, 2.75) is 27.2 Å². The molecule has 2 rings (SSSR count). The normalized spacial score (nSPS) is 11.2. The third-order valence-electron chi connectivity index (χ3n) is 3.43. The minimum absolute atomic E-state index is 0.689. The van der Waals surface area contributed by atoms with Crippen molar-refractivity contribution in [2.75, 3.05) is 11.9 Å². The lowest BCUT2D eigenvalue weighted by molar-refractivity contribution is 0.647. The van der Waals surface area contributed by atoms with Crippen LogP contribution in [0.3, 0.4) is 0 Å². The van der Waals surface area contributed by atoms with E-state index in [9.17, 15) is 0 Å². The number of hydrogen-bond donors (Lipinski definition) is 1. The molecule has 0 aliphatic rings. The zero-order valence-corrected chi connectivity index (χ0v) is 13.3. The molecule has 0 aliphatic carbocycles. The van der Waals surface area contributed by atoms with Gasteiger partial charge in [-0.3, -0.25) is 0 Å². The lowest BCUT2D eigenvalue weighted by Gasteiger charge is -2.10. The molecule has 0 aliphatic heterocycles. The van der Waals surface area contributed by atoms with Gasteiger partial charge in [-0.25, -0.2) is 0 Å². The highest BCUT2D eigenvalue weighted by molar-refractivity contribution is 5.68. The Balaban J connectivity index is 2.19. The summed E-state index contributed by atoms with van der Waals surface area (Å²) in [4.78, 5) is 0. The van der Waals surface area contributed by atoms with Gasteiger partial charge in [-0.05, 0) is 48.1 Å². The molecule has 0 radical (unpaired) electrons. The zero-order valence-electron chi connectivity index (χ0n) is 13.3. The fourth-order valence-corrected chi connectivity index (χ4v) is 2.45. The van der Waals surface area contributed by atoms with Gasteiger partial charge in [-0.2, -0.15) is 0 Å². The number of hydrogen-bond acceptors (Lipinski definition) is 1. The molecule has 2 aromatic carbocycles. The van der Waals surface area contributed by atoms with E-state index in [0.717, 1.165) is 13.0 Å². The van der Waals surface area contributed by atoms with Gasteiger partial charge in [0.05, 0.1) is 0 Å². The first-order valence-electron chi connectivity index (χ1n) is 7.73. The summed E-state index contributed by atoms with van der Waals surface area (Å²) in [5.41, 5.74) is 5.14. The topological polar surface area (TPSA) is 12.0 Å². The minimum atomic E-state index is 0.689. The fourth-order valence-electron chi connectivity index (χ4n) is 2.45. The second-order valence-corrected chi connectivity index (χ2v) is 5.83. The van der Waals surface area contributed by atoms with Crippen molar-refractivity contribution in [3.8, 4) is 11.1 Å². The highest BCUT2D eigenvalue weighted by Crippen LogP contribution is 2.24. The minimum Gasteiger partial charge on any atom is -0.382 e. The van der Waals surface area contributed by atoms with E-state index in [2.05, 4.69) is 79.8 Å². The maximum Gasteiger partial charge on any atom is 0.0348 e. The van der Waals surface area contributed by atoms with E-state index >= 15 is 0 Å². The molecule has 0 bridgehead atoms. The molecule has 0 aromatic heterocycles. The Labute approximate surface area is 128 Å². The summed E-state index contributed by atoms with van der Waals surface area (Å²) in [6.45, 7) is 7.43. The SMILES string of the molecule is C/C=C\CNc1cccc(-c2cccc(CC(C)C)c2)c1. The summed E-state index contributed by atoms with van der Waals surface area (Å²) in [5.74, 6) is 0.689. The fraction of sp³-hybridized carbons (Fsp3) is 0.300. The first-order chi connectivity index (χ1) is 10.2. The Morgan fingerprint density at radius 3 is 2.43 bits per heavy atom. The second kappa shape index (κ2) is 7.68. The molecule has 0 amide bonds. The monoisotopic (exact) mass is 279 g/mol. The van der Waals surface area contributed by atoms with Crippen molar-refractivity contribution < 1.29 is 0 Å². The summed E-state index contributed by atoms with van der Waals surface area (Å²) in [6, 6.07) is 17.5. The van der Waals surface area contributed by atoms with E-state index in [1.54, 1.807) is 0 Å². The molecular formula is C20H25N. The third kappa shape index (κ3) is 4.78. The van der Waals surface area contributed by atoms with Gasteiger partial charge in [-0.15, -0.1) is 0 Å². The summed E-state index contributed by atoms with van der Waals surface area (Å²) < 4.78 is 0. The predicted octanol–water partition coefficient (Wildman–Crippen LogP) is 5.54. The Hall–Kier alpha value is -2.02. The van der Waals surface area contributed by atoms with Gasteiger partial charge < -0.3 is 5.32 Å². The molecule has 0 fully saturated rings. The molecule has 2 aromatic rings. The van der Waals surface area contributed by atoms with Crippen molar-refractivity contribution in [1.29, 1.82) is 0 Å². The van der Waals surface area contributed by atoms with Crippen LogP contribution in [0.4, 0.5) is 5.69 Å². The van der Waals surface area contributed by atoms with E-state index in [-0.39, 0.29) is 0 Å². The van der Waals surface area contributed by atoms with Crippen molar-refractivity contribution in [3.63, 3.8) is 0 Å². The molecule has 0 heterocycles. The van der Waals surface area contributed by atoms with Crippen LogP contribution in [-0.2, 0) is 6.42 Å². The smallest absolute Gasteiger partial charge is 0.0348 e. The van der Waals surface area contributed by atoms with Gasteiger partial charge >= 0.3 is 0 Å². The van der Waals surface area contributed by atoms with E-state index in [4.69, 9.17) is 0 Å². The molecule has 21 heavy (non-hydrogen) atoms. The molecule has 1 nitrogen and oxygen atoms in total. The molecule has 0 atom stereocenters. The molecule has 110 valence electrons. The molecule has 1 heteroatoms. The Morgan fingerprint density at radius 2 is 1.71 bits per heavy atom. The van der Waals surface area contributed by atoms with Gasteiger partial charge in [0, 0.05) is 12.2 Å². The van der Waals surface area contributed by atoms with Crippen molar-refractivity contribution >= 4 is 5.69 Å². The average molecular weight is 279 g/mol. The van der Waals surface area contributed by atoms with E-state index in [0.29, 0.717) is 5.92 Å². The van der Waals surface area contributed by atoms with Crippen LogP contribution < -0.4 is 5.32 Å². The Kier molecular flexibility index (Phi) is 5.62. The van der Waals surface area contributed by atoms with E-state index < -0.39 is 0 Å². The quantitative estimate of drug-likeness (QED) is 0.684. The van der Waals surface area contributed by atoms with Crippen molar-refractivity contribution in [1.82, 2.24) is 0 Å². The average Bonchev–Trinajstić information content (AvgIpc) is 2.47. The highest BCUT2D eigenvalue weighted by atomic mass is 14.8. The Bertz CT molecular complexity index is 596. The van der Waals surface area contributed by atoms with Crippen molar-refractivity contribution in [3.05, 3.63) is 66.2 Å². The molecule has 0 unspecified atom stereocenters. The van der Waals surface area contributed by atoms with Gasteiger partial charge in [0.1, 0.15) is 0 Å². The van der Waals surface area contributed by atoms with Crippen LogP contribution in [-0.4, -0.2) is 6.54 Å². The summed E-state index contributed by atoms with van der Waals surface area (Å²) in [5, 5.41) is 3.42. The first-order valence-corrected chi connectivity index (χ1v) is 7.73. The predicted molar refractivity (Wildman–Crippen MR) is 93.7 cm³/mol. The number of benzene rings is 2. The van der Waals surface area contributed by atoms with Crippen molar-refractivity contribution in [2.24, 2.45) is 5.92 Å². The van der Waals surface area contributed by atoms with Gasteiger partial charge in [0.25, 0.3) is 0 Å². The number of nitrogens with one attached hydrogen (secondary N) is 1. The van der Waals surface area contributed by atoms with Crippen LogP contribution in [0.1, 0.15) is 26.3 Å². The zero-order chi connectivity index (χ0) is 15.1. The van der Waals surface area contributed by atoms with Crippen LogP contribution >= 0.6 is 0 Å². The van der Waals surface area contributed by atoms with Gasteiger partial charge in [-0.1, -0.05) is 62.4 Å². The van der Waals surface area contributed by atoms with Crippen LogP contribution in [0.15, 0.2) is 60.7 Å². The summed E-state index contributed by atoms with van der Waals surface area (Å²) >= 11 is 0. The van der Waals surface area contributed by atoms with Crippen LogP contribution in [0.25, 0.3) is 11.1 Å². The van der Waals surface area contributed by atoms with Gasteiger partial charge in [0.2, 0.25) is 0 Å². The summed E-state index contributed by atoms with van der Waals surface area (Å²) in [7, 11) is 0. The molecule has 1 N–H and O–H groups in total. The molecule has 0 saturated heterocycles. The lowest BCUT2D eigenvalue weighted by Crippen LogP contribution is -1.98. The molecular weight excluding hydrogens is 254 g/mol. The number of rotatable bonds is 6. The van der Waals surface area contributed by atoms with E-state index in [1.165, 1.54) is 22.4 Å². The number of allylic oxidation sites excluding steroid dienone is 1. The van der Waals surface area contributed by atoms with Crippen LogP contribution in [0, 0.1) is 5.92 Å². The molecule has 0 saturated carbocycles. The number of anilines is 1. The van der Waals surface area contributed by atoms with Crippen LogP contribution in [0.2, 0.25) is 0 Å².